The van der Waals surface area contributed by atoms with Crippen molar-refractivity contribution >= 4 is 116 Å². The quantitative estimate of drug-likeness (QED) is 0.0913. The van der Waals surface area contributed by atoms with Crippen LogP contribution in [0.2, 0.25) is 10.0 Å². The van der Waals surface area contributed by atoms with Crippen LogP contribution in [0, 0.1) is 27.7 Å². The summed E-state index contributed by atoms with van der Waals surface area (Å²) in [5.41, 5.74) is 8.85. The Balaban J connectivity index is 0.000000292. The van der Waals surface area contributed by atoms with Crippen LogP contribution in [-0.4, -0.2) is 51.6 Å². The first kappa shape index (κ1) is 62.5. The smallest absolute Gasteiger partial charge is 0.388 e. The number of phosphoric ester groups is 1. The third-order valence-corrected chi connectivity index (χ3v) is 12.9. The number of aryl methyl sites for hydroxylation is 4. The first-order chi connectivity index (χ1) is 34.4. The topological polar surface area (TPSA) is 203 Å². The van der Waals surface area contributed by atoms with E-state index in [1.807, 2.05) is 51.1 Å². The average Bonchev–Trinajstić information content (AvgIpc) is 3.58. The van der Waals surface area contributed by atoms with Gasteiger partial charge < -0.3 is 35.3 Å². The number of nitrogens with zero attached hydrogens (tertiary/aromatic N) is 2. The minimum atomic E-state index is -4.76. The molecule has 0 aliphatic carbocycles. The van der Waals surface area contributed by atoms with Crippen molar-refractivity contribution < 1.29 is 47.7 Å². The van der Waals surface area contributed by atoms with E-state index in [2.05, 4.69) is 44.4 Å². The number of rotatable bonds is 8. The normalized spacial score (nSPS) is 15.0. The maximum atomic E-state index is 13.6. The van der Waals surface area contributed by atoms with Gasteiger partial charge in [0.15, 0.2) is 0 Å². The Morgan fingerprint density at radius 1 is 0.560 bits per heavy atom. The number of phosphoric acid groups is 1. The van der Waals surface area contributed by atoms with Crippen molar-refractivity contribution in [3.05, 3.63) is 187 Å². The summed E-state index contributed by atoms with van der Waals surface area (Å²) in [6, 6.07) is 35.1. The molecule has 0 fully saturated rings. The Kier molecular flexibility index (Phi) is 22.8. The molecule has 2 heterocycles. The lowest BCUT2D eigenvalue weighted by Crippen LogP contribution is -2.32. The van der Waals surface area contributed by atoms with Crippen molar-refractivity contribution in [1.29, 1.82) is 0 Å². The summed E-state index contributed by atoms with van der Waals surface area (Å²) in [5.74, 6) is -0.837. The molecule has 0 spiro atoms. The van der Waals surface area contributed by atoms with Gasteiger partial charge in [-0.3, -0.25) is 28.3 Å². The van der Waals surface area contributed by atoms with Gasteiger partial charge in [-0.1, -0.05) is 74.5 Å². The molecule has 6 aromatic carbocycles. The first-order valence-corrected chi connectivity index (χ1v) is 29.4. The molecule has 4 amide bonds. The van der Waals surface area contributed by atoms with E-state index >= 15 is 0 Å². The summed E-state index contributed by atoms with van der Waals surface area (Å²) in [6.07, 6.45) is 0.472. The fraction of sp³-hybridized carbons (Fsp3) is 0.259. The van der Waals surface area contributed by atoms with Crippen molar-refractivity contribution in [3.63, 3.8) is 0 Å². The van der Waals surface area contributed by atoms with E-state index in [-0.39, 0.29) is 38.5 Å². The summed E-state index contributed by atoms with van der Waals surface area (Å²) in [5, 5.41) is 14.0. The van der Waals surface area contributed by atoms with Crippen LogP contribution < -0.4 is 20.4 Å². The Bertz CT molecular complexity index is 3140. The van der Waals surface area contributed by atoms with Crippen molar-refractivity contribution in [2.24, 2.45) is 0 Å². The van der Waals surface area contributed by atoms with E-state index < -0.39 is 25.2 Å². The molecule has 0 saturated carbocycles. The maximum Gasteiger partial charge on any atom is 0.470 e. The van der Waals surface area contributed by atoms with Crippen LogP contribution in [0.15, 0.2) is 121 Å². The molecule has 0 radical (unpaired) electrons. The lowest BCUT2D eigenvalue weighted by atomic mass is 10.0. The highest BCUT2D eigenvalue weighted by Gasteiger charge is 2.33. The molecule has 6 aromatic rings. The Morgan fingerprint density at radius 2 is 0.960 bits per heavy atom. The molecule has 75 heavy (non-hydrogen) atoms. The minimum absolute atomic E-state index is 0. The standard InChI is InChI=1S/C26H26ClN2O6P.C26H25ClN2O3.2CH4.Cl3OP/c1-16-6-3-4-7-20(16)25(30)28-19-10-11-21(17(2)14-19)26(31)29-13-5-8-24(35-36(32,33)34)22-15-18(27)9-12-23(22)29;1-16-6-3-4-7-20(16)25(31)28-19-10-11-21(17(2)14-19)26(32)29-13-5-8-24(30)22-15-18(27)9-12-23(22)29;;;1-5(2,3)4/h3-4,6-7,9-12,14-15,24H,5,8,13H2,1-2H3,(H,28,30)(H2,32,33,34);3-4,6-7,9-12,14-15,24,30H,5,8,13H2,1-2H3,(H,28,31);2*1H4;. The molecular formula is C54H59Cl5N4O10P2. The van der Waals surface area contributed by atoms with Crippen LogP contribution in [0.3, 0.4) is 0 Å². The molecule has 2 aliphatic rings. The van der Waals surface area contributed by atoms with E-state index in [4.69, 9.17) is 27.7 Å². The number of aliphatic hydroxyl groups excluding tert-OH is 1. The van der Waals surface area contributed by atoms with Crippen LogP contribution in [0.1, 0.15) is 128 Å². The molecule has 0 aromatic heterocycles. The first-order valence-electron chi connectivity index (χ1n) is 22.7. The van der Waals surface area contributed by atoms with Crippen LogP contribution in [0.4, 0.5) is 22.7 Å². The van der Waals surface area contributed by atoms with Crippen LogP contribution >= 0.6 is 69.9 Å². The van der Waals surface area contributed by atoms with Crippen molar-refractivity contribution in [3.8, 4) is 0 Å². The molecular weight excluding hydrogens is 1100 g/mol. The summed E-state index contributed by atoms with van der Waals surface area (Å²) in [7, 11) is -4.76. The summed E-state index contributed by atoms with van der Waals surface area (Å²) in [4.78, 5) is 74.4. The fourth-order valence-corrected chi connectivity index (χ4v) is 9.41. The second-order valence-electron chi connectivity index (χ2n) is 17.2. The molecule has 2 aliphatic heterocycles. The molecule has 8 rings (SSSR count). The zero-order valence-corrected chi connectivity index (χ0v) is 45.4. The molecule has 2 atom stereocenters. The summed E-state index contributed by atoms with van der Waals surface area (Å²) >= 11 is 26.1. The predicted molar refractivity (Wildman–Crippen MR) is 305 cm³/mol. The van der Waals surface area contributed by atoms with Gasteiger partial charge in [0.1, 0.15) is 0 Å². The number of carbonyl (C=O) groups excluding carboxylic acids is 4. The van der Waals surface area contributed by atoms with Crippen LogP contribution in [-0.2, 0) is 13.7 Å². The summed E-state index contributed by atoms with van der Waals surface area (Å²) in [6.45, 7) is 8.24. The van der Waals surface area contributed by atoms with Gasteiger partial charge in [-0.15, -0.1) is 0 Å². The number of benzene rings is 6. The minimum Gasteiger partial charge on any atom is -0.388 e. The highest BCUT2D eigenvalue weighted by molar-refractivity contribution is 8.24. The van der Waals surface area contributed by atoms with Gasteiger partial charge in [0, 0.05) is 79.3 Å². The largest absolute Gasteiger partial charge is 0.470 e. The average molecular weight is 1160 g/mol. The number of anilines is 4. The van der Waals surface area contributed by atoms with Gasteiger partial charge in [0.2, 0.25) is 0 Å². The zero-order valence-electron chi connectivity index (χ0n) is 39.8. The second kappa shape index (κ2) is 27.3. The number of aliphatic hydroxyl groups is 1. The third kappa shape index (κ3) is 17.2. The third-order valence-electron chi connectivity index (χ3n) is 11.9. The molecule has 2 unspecified atom stereocenters. The number of hydrogen-bond donors (Lipinski definition) is 5. The Labute approximate surface area is 462 Å². The van der Waals surface area contributed by atoms with Gasteiger partial charge in [-0.25, -0.2) is 4.57 Å². The molecule has 21 heteroatoms. The molecule has 14 nitrogen and oxygen atoms in total. The van der Waals surface area contributed by atoms with Gasteiger partial charge in [-0.2, -0.15) is 0 Å². The lowest BCUT2D eigenvalue weighted by Gasteiger charge is -2.25. The van der Waals surface area contributed by atoms with Crippen molar-refractivity contribution in [2.45, 2.75) is 80.4 Å². The molecule has 0 saturated heterocycles. The van der Waals surface area contributed by atoms with Crippen LogP contribution in [0.5, 0.6) is 0 Å². The number of fused-ring (bicyclic) bond motifs is 2. The fourth-order valence-electron chi connectivity index (χ4n) is 8.50. The van der Waals surface area contributed by atoms with E-state index in [0.29, 0.717) is 111 Å². The Hall–Kier alpha value is -5.05. The van der Waals surface area contributed by atoms with Gasteiger partial charge in [0.25, 0.3) is 23.6 Å². The van der Waals surface area contributed by atoms with Crippen molar-refractivity contribution in [1.82, 2.24) is 0 Å². The number of amides is 4. The van der Waals surface area contributed by atoms with E-state index in [9.17, 15) is 43.2 Å². The van der Waals surface area contributed by atoms with Gasteiger partial charge in [0.05, 0.1) is 12.2 Å². The lowest BCUT2D eigenvalue weighted by molar-refractivity contribution is 0.0978. The van der Waals surface area contributed by atoms with Crippen LogP contribution in [0.25, 0.3) is 0 Å². The van der Waals surface area contributed by atoms with E-state index in [0.717, 1.165) is 16.7 Å². The molecule has 5 N–H and O–H groups in total. The van der Waals surface area contributed by atoms with E-state index in [1.54, 1.807) is 108 Å². The SMILES string of the molecule is C.C.Cc1ccccc1C(=O)Nc1ccc(C(=O)N2CCCC(O)c3cc(Cl)ccc32)c(C)c1.Cc1ccccc1C(=O)Nc1ccc(C(=O)N2CCCC(OP(=O)(O)O)c3cc(Cl)ccc32)c(C)c1.O=P(Cl)(Cl)Cl. The summed E-state index contributed by atoms with van der Waals surface area (Å²) < 4.78 is 26.1. The monoisotopic (exact) mass is 1160 g/mol. The molecule has 400 valence electrons. The highest BCUT2D eigenvalue weighted by atomic mass is 36.0. The number of halogens is 5. The van der Waals surface area contributed by atoms with Gasteiger partial charge in [-0.05, 0) is 194 Å². The predicted octanol–water partition coefficient (Wildman–Crippen LogP) is 15.6. The van der Waals surface area contributed by atoms with E-state index in [1.165, 1.54) is 0 Å². The second-order valence-corrected chi connectivity index (χ2v) is 25.9. The Morgan fingerprint density at radius 3 is 1.37 bits per heavy atom. The molecule has 0 bridgehead atoms. The highest BCUT2D eigenvalue weighted by Crippen LogP contribution is 2.61. The number of hydrogen-bond acceptors (Lipinski definition) is 8. The zero-order chi connectivity index (χ0) is 53.4. The number of nitrogens with one attached hydrogen (secondary N) is 2. The van der Waals surface area contributed by atoms with Gasteiger partial charge >= 0.3 is 13.0 Å². The van der Waals surface area contributed by atoms with Crippen molar-refractivity contribution in [2.75, 3.05) is 33.5 Å². The maximum absolute atomic E-state index is 13.6. The number of carbonyl (C=O) groups is 4.